The predicted molar refractivity (Wildman–Crippen MR) is 102 cm³/mol. The number of hydrogen-bond donors (Lipinski definition) is 2. The molecule has 0 amide bonds. The Morgan fingerprint density at radius 1 is 1.31 bits per heavy atom. The first-order valence-corrected chi connectivity index (χ1v) is 10.9. The van der Waals surface area contributed by atoms with E-state index in [2.05, 4.69) is 10.6 Å². The highest BCUT2D eigenvalue weighted by Crippen LogP contribution is 2.30. The summed E-state index contributed by atoms with van der Waals surface area (Å²) in [6.07, 6.45) is 2.64. The Labute approximate surface area is 156 Å². The lowest BCUT2D eigenvalue weighted by Crippen LogP contribution is -2.47. The molecule has 2 aliphatic rings. The van der Waals surface area contributed by atoms with Gasteiger partial charge in [-0.1, -0.05) is 13.8 Å². The van der Waals surface area contributed by atoms with Crippen LogP contribution in [0.4, 0.5) is 5.82 Å². The average molecular weight is 383 g/mol. The minimum atomic E-state index is -3.41. The summed E-state index contributed by atoms with van der Waals surface area (Å²) in [7, 11) is -1.54. The molecule has 1 aromatic rings. The molecule has 1 saturated heterocycles. The minimum absolute atomic E-state index is 0.0429. The average Bonchev–Trinajstić information content (AvgIpc) is 2.68. The largest absolute Gasteiger partial charge is 0.373 e. The van der Waals surface area contributed by atoms with Crippen LogP contribution in [-0.4, -0.2) is 66.8 Å². The summed E-state index contributed by atoms with van der Waals surface area (Å²) < 4.78 is 28.9. The maximum Gasteiger partial charge on any atom is 0.281 e. The van der Waals surface area contributed by atoms with Crippen LogP contribution in [0.3, 0.4) is 0 Å². The van der Waals surface area contributed by atoms with Crippen molar-refractivity contribution in [3.63, 3.8) is 0 Å². The second-order valence-corrected chi connectivity index (χ2v) is 8.75. The molecule has 0 bridgehead atoms. The van der Waals surface area contributed by atoms with Crippen LogP contribution in [-0.2, 0) is 23.2 Å². The molecular weight excluding hydrogens is 352 g/mol. The smallest absolute Gasteiger partial charge is 0.281 e. The van der Waals surface area contributed by atoms with E-state index in [1.54, 1.807) is 4.31 Å². The molecule has 1 atom stereocenters. The first kappa shape index (κ1) is 19.5. The molecule has 8 nitrogen and oxygen atoms in total. The third-order valence-electron chi connectivity index (χ3n) is 5.29. The first-order valence-electron chi connectivity index (χ1n) is 9.54. The van der Waals surface area contributed by atoms with Crippen molar-refractivity contribution in [1.82, 2.24) is 23.9 Å². The number of aromatic nitrogens is 2. The fraction of sp³-hybridized carbons (Fsp3) is 0.765. The van der Waals surface area contributed by atoms with Gasteiger partial charge in [-0.2, -0.15) is 17.0 Å². The Hall–Kier alpha value is -1.29. The summed E-state index contributed by atoms with van der Waals surface area (Å²) in [4.78, 5) is 9.55. The van der Waals surface area contributed by atoms with Gasteiger partial charge in [0.25, 0.3) is 10.2 Å². The highest BCUT2D eigenvalue weighted by molar-refractivity contribution is 7.86. The first-order chi connectivity index (χ1) is 12.5. The zero-order valence-electron chi connectivity index (χ0n) is 16.0. The third-order valence-corrected chi connectivity index (χ3v) is 7.45. The van der Waals surface area contributed by atoms with Gasteiger partial charge in [-0.3, -0.25) is 0 Å². The molecule has 2 aliphatic heterocycles. The predicted octanol–water partition coefficient (Wildman–Crippen LogP) is 0.930. The number of anilines is 1. The molecule has 0 aliphatic carbocycles. The van der Waals surface area contributed by atoms with Gasteiger partial charge in [-0.05, 0) is 12.8 Å². The number of piperidine rings is 1. The van der Waals surface area contributed by atoms with Crippen molar-refractivity contribution in [2.45, 2.75) is 45.6 Å². The summed E-state index contributed by atoms with van der Waals surface area (Å²) in [5, 5.41) is 6.54. The monoisotopic (exact) mass is 382 g/mol. The van der Waals surface area contributed by atoms with Gasteiger partial charge in [0.15, 0.2) is 0 Å². The molecule has 0 unspecified atom stereocenters. The molecule has 3 rings (SSSR count). The normalized spacial score (nSPS) is 21.6. The molecule has 0 radical (unpaired) electrons. The summed E-state index contributed by atoms with van der Waals surface area (Å²) in [5.74, 6) is 1.68. The van der Waals surface area contributed by atoms with Crippen molar-refractivity contribution in [2.75, 3.05) is 45.1 Å². The van der Waals surface area contributed by atoms with Crippen molar-refractivity contribution in [3.8, 4) is 0 Å². The molecule has 146 valence electrons. The summed E-state index contributed by atoms with van der Waals surface area (Å²) in [6.45, 7) is 7.46. The molecular formula is C17H30N6O2S. The van der Waals surface area contributed by atoms with E-state index in [-0.39, 0.29) is 5.92 Å². The summed E-state index contributed by atoms with van der Waals surface area (Å²) in [6, 6.07) is 0. The van der Waals surface area contributed by atoms with E-state index in [0.29, 0.717) is 26.2 Å². The molecule has 1 aromatic heterocycles. The minimum Gasteiger partial charge on any atom is -0.373 e. The zero-order valence-corrected chi connectivity index (χ0v) is 16.8. The Kier molecular flexibility index (Phi) is 6.11. The Morgan fingerprint density at radius 3 is 2.77 bits per heavy atom. The van der Waals surface area contributed by atoms with Crippen molar-refractivity contribution < 1.29 is 8.42 Å². The van der Waals surface area contributed by atoms with Gasteiger partial charge in [-0.15, -0.1) is 0 Å². The molecule has 2 N–H and O–H groups in total. The van der Waals surface area contributed by atoms with Crippen LogP contribution in [0.1, 0.15) is 49.7 Å². The van der Waals surface area contributed by atoms with Crippen molar-refractivity contribution in [3.05, 3.63) is 17.1 Å². The van der Waals surface area contributed by atoms with Crippen LogP contribution in [0.5, 0.6) is 0 Å². The van der Waals surface area contributed by atoms with E-state index in [1.165, 1.54) is 4.31 Å². The number of nitrogens with zero attached hydrogens (tertiary/aromatic N) is 4. The lowest BCUT2D eigenvalue weighted by molar-refractivity contribution is 0.282. The Bertz CT molecular complexity index is 718. The van der Waals surface area contributed by atoms with Crippen LogP contribution in [0.15, 0.2) is 0 Å². The highest BCUT2D eigenvalue weighted by Gasteiger charge is 2.34. The van der Waals surface area contributed by atoms with Gasteiger partial charge in [0.2, 0.25) is 0 Å². The summed E-state index contributed by atoms with van der Waals surface area (Å²) in [5.41, 5.74) is 2.22. The third kappa shape index (κ3) is 3.71. The van der Waals surface area contributed by atoms with E-state index in [4.69, 9.17) is 9.97 Å². The number of hydrogen-bond acceptors (Lipinski definition) is 6. The van der Waals surface area contributed by atoms with Crippen molar-refractivity contribution >= 4 is 16.0 Å². The Morgan fingerprint density at radius 2 is 2.08 bits per heavy atom. The fourth-order valence-corrected chi connectivity index (χ4v) is 5.53. The molecule has 0 aromatic carbocycles. The van der Waals surface area contributed by atoms with Crippen LogP contribution in [0.25, 0.3) is 0 Å². The van der Waals surface area contributed by atoms with Crippen molar-refractivity contribution in [1.29, 1.82) is 0 Å². The van der Waals surface area contributed by atoms with E-state index in [9.17, 15) is 8.42 Å². The van der Waals surface area contributed by atoms with Gasteiger partial charge in [-0.25, -0.2) is 9.97 Å². The fourth-order valence-electron chi connectivity index (χ4n) is 3.83. The lowest BCUT2D eigenvalue weighted by atomic mass is 9.98. The van der Waals surface area contributed by atoms with Gasteiger partial charge in [0, 0.05) is 64.2 Å². The summed E-state index contributed by atoms with van der Waals surface area (Å²) >= 11 is 0. The topological polar surface area (TPSA) is 90.5 Å². The van der Waals surface area contributed by atoms with Crippen molar-refractivity contribution in [2.24, 2.45) is 0 Å². The van der Waals surface area contributed by atoms with E-state index >= 15 is 0 Å². The van der Waals surface area contributed by atoms with E-state index in [0.717, 1.165) is 55.3 Å². The van der Waals surface area contributed by atoms with Gasteiger partial charge < -0.3 is 10.6 Å². The molecule has 26 heavy (non-hydrogen) atoms. The van der Waals surface area contributed by atoms with Gasteiger partial charge in [0.05, 0.1) is 5.69 Å². The van der Waals surface area contributed by atoms with E-state index in [1.807, 2.05) is 20.9 Å². The second kappa shape index (κ2) is 8.16. The Balaban J connectivity index is 1.86. The van der Waals surface area contributed by atoms with Crippen LogP contribution in [0, 0.1) is 0 Å². The highest BCUT2D eigenvalue weighted by atomic mass is 32.2. The molecule has 1 fully saturated rings. The maximum absolute atomic E-state index is 12.9. The number of nitrogens with one attached hydrogen (secondary N) is 2. The molecule has 3 heterocycles. The molecule has 0 spiro atoms. The maximum atomic E-state index is 12.9. The number of rotatable bonds is 6. The van der Waals surface area contributed by atoms with Gasteiger partial charge >= 0.3 is 0 Å². The zero-order chi connectivity index (χ0) is 18.7. The van der Waals surface area contributed by atoms with Crippen LogP contribution < -0.4 is 10.6 Å². The standard InChI is InChI=1S/C17H30N6O2S/c1-4-22(5-2)26(24,25)23-10-6-7-13(12-23)16-20-15-8-9-19-11-14(15)17(18-3)21-16/h13,19H,4-12H2,1-3H3,(H,18,20,21)/t13-/m1/s1. The van der Waals surface area contributed by atoms with Crippen LogP contribution >= 0.6 is 0 Å². The van der Waals surface area contributed by atoms with E-state index < -0.39 is 10.2 Å². The second-order valence-electron chi connectivity index (χ2n) is 6.82. The lowest BCUT2D eigenvalue weighted by Gasteiger charge is -2.34. The van der Waals surface area contributed by atoms with Gasteiger partial charge in [0.1, 0.15) is 11.6 Å². The molecule has 9 heteroatoms. The quantitative estimate of drug-likeness (QED) is 0.761. The molecule has 0 saturated carbocycles. The van der Waals surface area contributed by atoms with Crippen LogP contribution in [0.2, 0.25) is 0 Å². The number of fused-ring (bicyclic) bond motifs is 1. The SMILES string of the molecule is CCN(CC)S(=O)(=O)N1CCC[C@@H](c2nc3c(c(NC)n2)CNCC3)C1.